The molecule has 2 aromatic rings. The minimum atomic E-state index is -0.325. The summed E-state index contributed by atoms with van der Waals surface area (Å²) in [6, 6.07) is 10.2. The lowest BCUT2D eigenvalue weighted by Gasteiger charge is -2.22. The van der Waals surface area contributed by atoms with Crippen LogP contribution in [0, 0.1) is 19.7 Å². The molecule has 2 rings (SSSR count). The fourth-order valence-electron chi connectivity index (χ4n) is 2.21. The molecule has 0 aliphatic heterocycles. The Morgan fingerprint density at radius 3 is 2.70 bits per heavy atom. The first kappa shape index (κ1) is 14.8. The maximum atomic E-state index is 13.3. The lowest BCUT2D eigenvalue weighted by Crippen LogP contribution is -2.22. The number of aryl methyl sites for hydroxylation is 1. The Morgan fingerprint density at radius 1 is 1.25 bits per heavy atom. The summed E-state index contributed by atoms with van der Waals surface area (Å²) in [6.07, 6.45) is 0. The zero-order valence-electron chi connectivity index (χ0n) is 11.6. The summed E-state index contributed by atoms with van der Waals surface area (Å²) in [4.78, 5) is 0. The number of nitrogens with one attached hydrogen (secondary N) is 1. The van der Waals surface area contributed by atoms with E-state index in [0.29, 0.717) is 17.3 Å². The Balaban J connectivity index is 2.34. The smallest absolute Gasteiger partial charge is 0.125 e. The molecule has 0 heterocycles. The monoisotopic (exact) mass is 292 g/mol. The SMILES string of the molecule is Cc1cccc(C(CN)Nc2cc(F)ccc2Cl)c1C. The van der Waals surface area contributed by atoms with Crippen LogP contribution in [-0.2, 0) is 0 Å². The van der Waals surface area contributed by atoms with Crippen LogP contribution in [0.15, 0.2) is 36.4 Å². The van der Waals surface area contributed by atoms with Gasteiger partial charge in [0.1, 0.15) is 5.82 Å². The second-order valence-corrected chi connectivity index (χ2v) is 5.25. The van der Waals surface area contributed by atoms with Gasteiger partial charge in [0.05, 0.1) is 16.8 Å². The largest absolute Gasteiger partial charge is 0.376 e. The van der Waals surface area contributed by atoms with Crippen molar-refractivity contribution in [3.63, 3.8) is 0 Å². The summed E-state index contributed by atoms with van der Waals surface area (Å²) in [7, 11) is 0. The van der Waals surface area contributed by atoms with Crippen LogP contribution in [0.5, 0.6) is 0 Å². The summed E-state index contributed by atoms with van der Waals surface area (Å²) in [6.45, 7) is 4.51. The van der Waals surface area contributed by atoms with E-state index in [1.54, 1.807) is 0 Å². The second kappa shape index (κ2) is 6.25. The average molecular weight is 293 g/mol. The van der Waals surface area contributed by atoms with E-state index in [1.807, 2.05) is 12.1 Å². The lowest BCUT2D eigenvalue weighted by atomic mass is 9.97. The van der Waals surface area contributed by atoms with Gasteiger partial charge >= 0.3 is 0 Å². The molecule has 0 saturated heterocycles. The Kier molecular flexibility index (Phi) is 4.63. The van der Waals surface area contributed by atoms with Crippen LogP contribution in [0.1, 0.15) is 22.7 Å². The van der Waals surface area contributed by atoms with Crippen molar-refractivity contribution in [2.75, 3.05) is 11.9 Å². The molecule has 106 valence electrons. The molecule has 0 aliphatic carbocycles. The van der Waals surface area contributed by atoms with Gasteiger partial charge in [0.2, 0.25) is 0 Å². The summed E-state index contributed by atoms with van der Waals surface area (Å²) >= 11 is 6.09. The summed E-state index contributed by atoms with van der Waals surface area (Å²) < 4.78 is 13.3. The van der Waals surface area contributed by atoms with Gasteiger partial charge in [-0.2, -0.15) is 0 Å². The average Bonchev–Trinajstić information content (AvgIpc) is 2.43. The van der Waals surface area contributed by atoms with Crippen molar-refractivity contribution in [3.8, 4) is 0 Å². The van der Waals surface area contributed by atoms with Crippen molar-refractivity contribution >= 4 is 17.3 Å². The quantitative estimate of drug-likeness (QED) is 0.886. The summed E-state index contributed by atoms with van der Waals surface area (Å²) in [5.41, 5.74) is 9.91. The first-order valence-electron chi connectivity index (χ1n) is 6.50. The van der Waals surface area contributed by atoms with E-state index in [9.17, 15) is 4.39 Å². The van der Waals surface area contributed by atoms with Crippen molar-refractivity contribution < 1.29 is 4.39 Å². The van der Waals surface area contributed by atoms with E-state index in [-0.39, 0.29) is 11.9 Å². The maximum Gasteiger partial charge on any atom is 0.125 e. The molecule has 1 atom stereocenters. The van der Waals surface area contributed by atoms with E-state index in [2.05, 4.69) is 25.2 Å². The van der Waals surface area contributed by atoms with Crippen LogP contribution in [0.25, 0.3) is 0 Å². The Bertz CT molecular complexity index is 613. The van der Waals surface area contributed by atoms with Gasteiger partial charge in [0.15, 0.2) is 0 Å². The molecule has 0 saturated carbocycles. The normalized spacial score (nSPS) is 12.2. The molecule has 2 aromatic carbocycles. The molecule has 0 radical (unpaired) electrons. The highest BCUT2D eigenvalue weighted by Gasteiger charge is 2.14. The molecule has 0 spiro atoms. The Labute approximate surface area is 123 Å². The van der Waals surface area contributed by atoms with Gasteiger partial charge in [-0.25, -0.2) is 4.39 Å². The number of halogens is 2. The van der Waals surface area contributed by atoms with Gasteiger partial charge < -0.3 is 11.1 Å². The van der Waals surface area contributed by atoms with Crippen molar-refractivity contribution in [3.05, 3.63) is 63.9 Å². The molecule has 3 N–H and O–H groups in total. The van der Waals surface area contributed by atoms with Crippen LogP contribution in [0.2, 0.25) is 5.02 Å². The van der Waals surface area contributed by atoms with Crippen molar-refractivity contribution in [2.24, 2.45) is 5.73 Å². The fraction of sp³-hybridized carbons (Fsp3) is 0.250. The number of benzene rings is 2. The van der Waals surface area contributed by atoms with Gasteiger partial charge in [-0.3, -0.25) is 0 Å². The minimum Gasteiger partial charge on any atom is -0.376 e. The van der Waals surface area contributed by atoms with Gasteiger partial charge in [-0.05, 0) is 48.7 Å². The summed E-state index contributed by atoms with van der Waals surface area (Å²) in [5, 5.41) is 3.71. The molecule has 20 heavy (non-hydrogen) atoms. The Morgan fingerprint density at radius 2 is 2.00 bits per heavy atom. The van der Waals surface area contributed by atoms with Crippen LogP contribution >= 0.6 is 11.6 Å². The molecule has 2 nitrogen and oxygen atoms in total. The molecule has 4 heteroatoms. The number of nitrogens with two attached hydrogens (primary N) is 1. The van der Waals surface area contributed by atoms with Gasteiger partial charge in [0.25, 0.3) is 0 Å². The van der Waals surface area contributed by atoms with E-state index in [4.69, 9.17) is 17.3 Å². The van der Waals surface area contributed by atoms with E-state index >= 15 is 0 Å². The molecular weight excluding hydrogens is 275 g/mol. The number of hydrogen-bond acceptors (Lipinski definition) is 2. The van der Waals surface area contributed by atoms with E-state index < -0.39 is 0 Å². The third-order valence-electron chi connectivity index (χ3n) is 3.52. The van der Waals surface area contributed by atoms with Gasteiger partial charge in [0, 0.05) is 6.54 Å². The van der Waals surface area contributed by atoms with Gasteiger partial charge in [-0.15, -0.1) is 0 Å². The first-order valence-corrected chi connectivity index (χ1v) is 6.88. The highest BCUT2D eigenvalue weighted by Crippen LogP contribution is 2.28. The number of hydrogen-bond donors (Lipinski definition) is 2. The van der Waals surface area contributed by atoms with E-state index in [0.717, 1.165) is 5.56 Å². The molecular formula is C16H18ClFN2. The van der Waals surface area contributed by atoms with E-state index in [1.165, 1.54) is 29.3 Å². The number of anilines is 1. The standard InChI is InChI=1S/C16H18ClFN2/c1-10-4-3-5-13(11(10)2)16(9-19)20-15-8-12(18)6-7-14(15)17/h3-8,16,20H,9,19H2,1-2H3. The Hall–Kier alpha value is -1.58. The summed E-state index contributed by atoms with van der Waals surface area (Å²) in [5.74, 6) is -0.325. The predicted molar refractivity (Wildman–Crippen MR) is 82.7 cm³/mol. The predicted octanol–water partition coefficient (Wildman–Crippen LogP) is 4.21. The molecule has 0 bridgehead atoms. The van der Waals surface area contributed by atoms with Crippen LogP contribution in [-0.4, -0.2) is 6.54 Å². The maximum absolute atomic E-state index is 13.3. The highest BCUT2D eigenvalue weighted by atomic mass is 35.5. The van der Waals surface area contributed by atoms with Crippen LogP contribution in [0.3, 0.4) is 0 Å². The molecule has 0 amide bonds. The fourth-order valence-corrected chi connectivity index (χ4v) is 2.38. The number of rotatable bonds is 4. The molecule has 0 fully saturated rings. The zero-order valence-corrected chi connectivity index (χ0v) is 12.3. The van der Waals surface area contributed by atoms with Crippen molar-refractivity contribution in [2.45, 2.75) is 19.9 Å². The highest BCUT2D eigenvalue weighted by molar-refractivity contribution is 6.33. The molecule has 0 aromatic heterocycles. The van der Waals surface area contributed by atoms with Gasteiger partial charge in [-0.1, -0.05) is 29.8 Å². The minimum absolute atomic E-state index is 0.103. The molecule has 1 unspecified atom stereocenters. The third kappa shape index (κ3) is 3.11. The second-order valence-electron chi connectivity index (χ2n) is 4.85. The molecule has 0 aliphatic rings. The van der Waals surface area contributed by atoms with Crippen molar-refractivity contribution in [1.82, 2.24) is 0 Å². The van der Waals surface area contributed by atoms with Crippen LogP contribution in [0.4, 0.5) is 10.1 Å². The van der Waals surface area contributed by atoms with Crippen LogP contribution < -0.4 is 11.1 Å². The van der Waals surface area contributed by atoms with Crippen molar-refractivity contribution in [1.29, 1.82) is 0 Å². The first-order chi connectivity index (χ1) is 9.52. The topological polar surface area (TPSA) is 38.0 Å². The third-order valence-corrected chi connectivity index (χ3v) is 3.85. The lowest BCUT2D eigenvalue weighted by molar-refractivity contribution is 0.627. The zero-order chi connectivity index (χ0) is 14.7.